The molecule has 37 heteroatoms. The van der Waals surface area contributed by atoms with Crippen LogP contribution in [-0.2, 0) is 28.4 Å². The van der Waals surface area contributed by atoms with E-state index < -0.39 is 43.8 Å². The molecule has 0 radical (unpaired) electrons. The molecule has 93 heavy (non-hydrogen) atoms. The van der Waals surface area contributed by atoms with Gasteiger partial charge in [0, 0.05) is 95.5 Å². The number of carbonyl (C=O) groups is 4. The van der Waals surface area contributed by atoms with Crippen LogP contribution >= 0.6 is 0 Å². The number of hydrogen-bond donors (Lipinski definition) is 8. The van der Waals surface area contributed by atoms with Crippen molar-refractivity contribution >= 4 is 92.4 Å². The van der Waals surface area contributed by atoms with Crippen LogP contribution in [0.5, 0.6) is 23.0 Å². The number of anilines is 8. The Kier molecular flexibility index (Phi) is 33.3. The third kappa shape index (κ3) is 26.5. The van der Waals surface area contributed by atoms with Gasteiger partial charge < -0.3 is 108 Å². The van der Waals surface area contributed by atoms with Crippen LogP contribution in [0.2, 0.25) is 0 Å². The number of nitrogens with one attached hydrogen (secondary N) is 8. The smallest absolute Gasteiger partial charge is 1.00 e. The van der Waals surface area contributed by atoms with Crippen LogP contribution in [0.15, 0.2) is 121 Å². The Bertz CT molecular complexity index is 2990. The number of non-ortho nitro benzene ring substituents is 4. The van der Waals surface area contributed by atoms with Crippen molar-refractivity contribution in [2.24, 2.45) is 0 Å². The number of nitrogens with zero attached hydrogens (tertiary/aromatic N) is 4. The van der Waals surface area contributed by atoms with E-state index in [2.05, 4.69) is 42.5 Å². The summed E-state index contributed by atoms with van der Waals surface area (Å²) < 4.78 is 56.3. The van der Waals surface area contributed by atoms with Gasteiger partial charge in [0.2, 0.25) is 0 Å². The Morgan fingerprint density at radius 1 is 0.290 bits per heavy atom. The van der Waals surface area contributed by atoms with Crippen LogP contribution < -0.4 is 125 Å². The molecule has 492 valence electrons. The number of fused-ring (bicyclic) bond motifs is 2. The number of halogens is 1. The van der Waals surface area contributed by atoms with Gasteiger partial charge in [0.25, 0.3) is 22.7 Å². The molecular formula is C56H62ClKN12O23. The molecule has 2 aliphatic heterocycles. The van der Waals surface area contributed by atoms with Crippen LogP contribution in [0.3, 0.4) is 0 Å². The molecule has 0 atom stereocenters. The van der Waals surface area contributed by atoms with E-state index in [4.69, 9.17) is 47.4 Å². The molecule has 0 saturated carbocycles. The molecule has 6 aromatic rings. The molecule has 6 aromatic carbocycles. The first-order valence-electron chi connectivity index (χ1n) is 27.2. The molecule has 8 rings (SSSR count). The van der Waals surface area contributed by atoms with Crippen molar-refractivity contribution in [1.29, 1.82) is 0 Å². The first kappa shape index (κ1) is 76.3. The van der Waals surface area contributed by atoms with Crippen LogP contribution in [0, 0.1) is 40.5 Å². The van der Waals surface area contributed by atoms with Gasteiger partial charge in [-0.15, -0.1) is 0 Å². The van der Waals surface area contributed by atoms with Crippen molar-refractivity contribution in [1.82, 2.24) is 0 Å². The number of benzene rings is 6. The van der Waals surface area contributed by atoms with E-state index in [9.17, 15) is 59.6 Å². The molecule has 35 nitrogen and oxygen atoms in total. The number of ether oxygens (including phenoxy) is 10. The SMILES string of the molecule is O.O=C(Nc1ccc([N+](=O)[O-])cc1)Nc1cc2c(cc1NC(=O)Nc1ccc([N+](=O)[O-])cc1)OCCOCCOCCOCCO2.O=C(Nc1ccc([N+](=O)[O-])cc1)Nc1cc2c(cc1NC(=O)Nc1ccc([N+](=O)[O-])cc1)OCCOCCOCCOCCO2.[Cl-].[K+]. The molecule has 10 N–H and O–H groups in total. The fraction of sp³-hybridized carbons (Fsp3) is 0.286. The van der Waals surface area contributed by atoms with Gasteiger partial charge in [-0.05, 0) is 48.5 Å². The number of amides is 8. The predicted molar refractivity (Wildman–Crippen MR) is 326 cm³/mol. The van der Waals surface area contributed by atoms with Crippen molar-refractivity contribution < 1.29 is 156 Å². The third-order valence-electron chi connectivity index (χ3n) is 11.9. The van der Waals surface area contributed by atoms with Crippen molar-refractivity contribution in [2.75, 3.05) is 148 Å². The first-order chi connectivity index (χ1) is 43.6. The van der Waals surface area contributed by atoms with Crippen LogP contribution in [0.4, 0.5) is 87.4 Å². The fourth-order valence-corrected chi connectivity index (χ4v) is 7.72. The zero-order valence-corrected chi connectivity index (χ0v) is 53.4. The Morgan fingerprint density at radius 2 is 0.452 bits per heavy atom. The zero-order valence-electron chi connectivity index (χ0n) is 49.5. The Hall–Kier alpha value is -9.15. The molecule has 0 saturated heterocycles. The summed E-state index contributed by atoms with van der Waals surface area (Å²) in [6.07, 6.45) is 0. The van der Waals surface area contributed by atoms with E-state index in [0.29, 0.717) is 52.9 Å². The molecule has 0 bridgehead atoms. The Labute approximate surface area is 576 Å². The molecular weight excluding hydrogens is 1280 g/mol. The van der Waals surface area contributed by atoms with Gasteiger partial charge in [-0.1, -0.05) is 0 Å². The summed E-state index contributed by atoms with van der Waals surface area (Å²) in [5.74, 6) is 0.932. The van der Waals surface area contributed by atoms with Crippen molar-refractivity contribution in [3.05, 3.63) is 162 Å². The van der Waals surface area contributed by atoms with E-state index in [1.807, 2.05) is 0 Å². The Balaban J connectivity index is 0.000000384. The zero-order chi connectivity index (χ0) is 64.0. The molecule has 0 aromatic heterocycles. The number of rotatable bonds is 12. The van der Waals surface area contributed by atoms with E-state index >= 15 is 0 Å². The summed E-state index contributed by atoms with van der Waals surface area (Å²) >= 11 is 0. The average molecular weight is 1350 g/mol. The number of nitro groups is 4. The average Bonchev–Trinajstić information content (AvgIpc) is 0.897. The quantitative estimate of drug-likeness (QED) is 0.0495. The van der Waals surface area contributed by atoms with Gasteiger partial charge in [-0.3, -0.25) is 40.5 Å². The second-order valence-electron chi connectivity index (χ2n) is 18.3. The minimum absolute atomic E-state index is 0. The maximum atomic E-state index is 12.9. The first-order valence-corrected chi connectivity index (χ1v) is 27.2. The summed E-state index contributed by atoms with van der Waals surface area (Å²) in [5, 5.41) is 64.6. The number of nitro benzene ring substituents is 4. The summed E-state index contributed by atoms with van der Waals surface area (Å²) in [4.78, 5) is 93.3. The molecule has 2 aliphatic rings. The molecule has 2 heterocycles. The van der Waals surface area contributed by atoms with E-state index in [1.54, 1.807) is 0 Å². The van der Waals surface area contributed by atoms with Crippen LogP contribution in [0.1, 0.15) is 0 Å². The summed E-state index contributed by atoms with van der Waals surface area (Å²) in [5.41, 5.74) is 0.963. The van der Waals surface area contributed by atoms with Crippen molar-refractivity contribution in [3.63, 3.8) is 0 Å². The van der Waals surface area contributed by atoms with Gasteiger partial charge in [-0.2, -0.15) is 0 Å². The normalized spacial score (nSPS) is 13.7. The van der Waals surface area contributed by atoms with Crippen LogP contribution in [-0.4, -0.2) is 155 Å². The van der Waals surface area contributed by atoms with Crippen molar-refractivity contribution in [3.8, 4) is 23.0 Å². The summed E-state index contributed by atoms with van der Waals surface area (Å²) in [6.45, 7) is 4.48. The number of urea groups is 4. The minimum Gasteiger partial charge on any atom is -1.00 e. The van der Waals surface area contributed by atoms with Crippen LogP contribution in [0.25, 0.3) is 0 Å². The largest absolute Gasteiger partial charge is 1.00 e. The predicted octanol–water partition coefficient (Wildman–Crippen LogP) is 2.41. The Morgan fingerprint density at radius 3 is 0.613 bits per heavy atom. The minimum atomic E-state index is -0.725. The van der Waals surface area contributed by atoms with Gasteiger partial charge in [0.15, 0.2) is 23.0 Å². The van der Waals surface area contributed by atoms with Crippen molar-refractivity contribution in [2.45, 2.75) is 0 Å². The van der Waals surface area contributed by atoms with E-state index in [-0.39, 0.29) is 213 Å². The molecule has 8 amide bonds. The maximum absolute atomic E-state index is 12.9. The second-order valence-corrected chi connectivity index (χ2v) is 18.3. The summed E-state index contributed by atoms with van der Waals surface area (Å²) in [7, 11) is 0. The number of carbonyl (C=O) groups excluding carboxylic acids is 4. The topological polar surface area (TPSA) is 461 Å². The third-order valence-corrected chi connectivity index (χ3v) is 11.9. The molecule has 0 aliphatic carbocycles. The molecule has 0 spiro atoms. The van der Waals surface area contributed by atoms with Gasteiger partial charge >= 0.3 is 75.5 Å². The molecule has 0 fully saturated rings. The van der Waals surface area contributed by atoms with Gasteiger partial charge in [0.05, 0.1) is 122 Å². The fourth-order valence-electron chi connectivity index (χ4n) is 7.72. The van der Waals surface area contributed by atoms with E-state index in [0.717, 1.165) is 0 Å². The summed E-state index contributed by atoms with van der Waals surface area (Å²) in [6, 6.07) is 23.7. The van der Waals surface area contributed by atoms with E-state index in [1.165, 1.54) is 121 Å². The maximum Gasteiger partial charge on any atom is 1.00 e. The van der Waals surface area contributed by atoms with Gasteiger partial charge in [-0.25, -0.2) is 19.2 Å². The molecule has 0 unspecified atom stereocenters. The number of hydrogen-bond acceptors (Lipinski definition) is 22. The monoisotopic (exact) mass is 1340 g/mol. The second kappa shape index (κ2) is 40.6. The standard InChI is InChI=1S/2C28H30N6O11.ClH.K.H2O/c2*35-27(29-19-1-5-21(6-2-19)33(37)38)31-23-17-25-26(45-16-14-43-12-10-41-9-11-42-13-15-44-25)18-24(23)32-28(36)30-20-3-7-22(8-4-20)34(39)40;;;/h2*1-8,17-18H,9-16H2,(H2,29,31,35)(H2,30,32,36);1H;;1H2/q;;;+1;/p-1. The van der Waals surface area contributed by atoms with Gasteiger partial charge in [0.1, 0.15) is 26.4 Å².